The first kappa shape index (κ1) is 69.8. The molecule has 11 rings (SSSR count). The molecule has 10 aromatic rings. The predicted octanol–water partition coefficient (Wildman–Crippen LogP) is 12.1. The number of fused-ring (bicyclic) bond motifs is 2. The lowest BCUT2D eigenvalue weighted by atomic mass is 10.1. The molecule has 3 heterocycles. The lowest BCUT2D eigenvalue weighted by Crippen LogP contribution is -2.48. The Labute approximate surface area is 573 Å². The standard InChI is InChI=1S/C60H53Cl2N19O14S4/c1-33-23-35-27-52(99(93,94)95)49(32-43(35)50(24-33)97(87,88)89)79-77-45-16-14-40(29-48(45)69-60(83)67-38-11-7-4-8-12-38)65-57-72-54(62)73-58(75-57)81-21-19-80(20-22-81)18-17-63-55-70-53(61)71-56(74-55)64-39-13-15-44(47(28-39)68-59(82)66-37-9-5-3-6-10-37)76-78-46-31-42-36(25-34(46)2)26-41(96(84,85)86)30-51(42)98(90,91)92/h3-16,23-32H,17-22H2,1-2H3,(H2,66,68,82)(H2,67,69,83)(H,84,85,86)(H,87,88,89)(H,90,91,92)(H,93,94,95)(H,65,72,73,75)(H2,63,64,70,71,74). The summed E-state index contributed by atoms with van der Waals surface area (Å²) in [5, 5.41) is 36.7. The highest BCUT2D eigenvalue weighted by atomic mass is 35.5. The van der Waals surface area contributed by atoms with Gasteiger partial charge in [0.15, 0.2) is 0 Å². The SMILES string of the molecule is Cc1cc(S(=O)(=O)O)c2cc(N=Nc3ccc(Nc4nc(Cl)nc(N5CCN(CCNc6nc(Cl)nc(Nc7ccc(N=Nc8cc9c(S(=O)(=O)O)cc(S(=O)(=O)O)cc9cc8C)c(NC(=O)Nc8ccccc8)c7)n6)CC5)n4)cc3NC(=O)Nc3ccccc3)c(S(=O)(=O)O)cc2c1. The van der Waals surface area contributed by atoms with E-state index in [2.05, 4.69) is 92.5 Å². The molecule has 1 fully saturated rings. The van der Waals surface area contributed by atoms with E-state index in [1.165, 1.54) is 61.5 Å². The average Bonchev–Trinajstić information content (AvgIpc) is 0.767. The Morgan fingerprint density at radius 2 is 0.949 bits per heavy atom. The number of anilines is 10. The zero-order valence-electron chi connectivity index (χ0n) is 51.2. The van der Waals surface area contributed by atoms with Crippen molar-refractivity contribution >= 4 is 178 Å². The van der Waals surface area contributed by atoms with Crippen LogP contribution in [-0.4, -0.2) is 138 Å². The molecule has 0 saturated carbocycles. The molecule has 1 aliphatic heterocycles. The van der Waals surface area contributed by atoms with Gasteiger partial charge in [0.1, 0.15) is 31.7 Å². The Balaban J connectivity index is 0.754. The summed E-state index contributed by atoms with van der Waals surface area (Å²) < 4.78 is 139. The topological polar surface area (TPSA) is 469 Å². The van der Waals surface area contributed by atoms with Crippen molar-refractivity contribution in [2.45, 2.75) is 33.4 Å². The van der Waals surface area contributed by atoms with Gasteiger partial charge < -0.3 is 42.1 Å². The van der Waals surface area contributed by atoms with Gasteiger partial charge in [0, 0.05) is 72.8 Å². The van der Waals surface area contributed by atoms with E-state index >= 15 is 0 Å². The molecule has 1 aliphatic rings. The largest absolute Gasteiger partial charge is 0.353 e. The number of piperazine rings is 1. The van der Waals surface area contributed by atoms with E-state index in [-0.39, 0.29) is 84.3 Å². The number of halogens is 2. The number of carbonyl (C=O) groups is 2. The van der Waals surface area contributed by atoms with Crippen LogP contribution in [0.4, 0.5) is 90.3 Å². The molecule has 2 aromatic heterocycles. The minimum absolute atomic E-state index is 0.00973. The number of para-hydroxylation sites is 2. The number of aryl methyl sites for hydroxylation is 2. The number of urea groups is 2. The number of nitrogens with zero attached hydrogens (tertiary/aromatic N) is 12. The second-order valence-corrected chi connectivity index (χ2v) is 28.0. The second-order valence-electron chi connectivity index (χ2n) is 21.7. The number of aromatic nitrogens is 6. The molecule has 0 bridgehead atoms. The zero-order chi connectivity index (χ0) is 70.6. The molecule has 0 aliphatic carbocycles. The van der Waals surface area contributed by atoms with E-state index in [9.17, 15) is 61.5 Å². The molecule has 0 unspecified atom stereocenters. The van der Waals surface area contributed by atoms with E-state index in [1.807, 2.05) is 4.90 Å². The van der Waals surface area contributed by atoms with Gasteiger partial charge in [0.2, 0.25) is 34.4 Å². The van der Waals surface area contributed by atoms with Crippen molar-refractivity contribution in [3.8, 4) is 0 Å². The molecule has 8 aromatic carbocycles. The molecule has 4 amide bonds. The first-order valence-electron chi connectivity index (χ1n) is 29.0. The van der Waals surface area contributed by atoms with Crippen molar-refractivity contribution in [2.75, 3.05) is 81.4 Å². The van der Waals surface area contributed by atoms with Crippen LogP contribution in [0.3, 0.4) is 0 Å². The Hall–Kier alpha value is -10.6. The minimum atomic E-state index is -5.02. The van der Waals surface area contributed by atoms with Crippen molar-refractivity contribution in [2.24, 2.45) is 20.5 Å². The summed E-state index contributed by atoms with van der Waals surface area (Å²) in [4.78, 5) is 54.3. The van der Waals surface area contributed by atoms with E-state index in [4.69, 9.17) is 23.2 Å². The highest BCUT2D eigenvalue weighted by molar-refractivity contribution is 7.87. The van der Waals surface area contributed by atoms with Crippen LogP contribution in [0.5, 0.6) is 0 Å². The van der Waals surface area contributed by atoms with Gasteiger partial charge in [-0.05, 0) is 162 Å². The van der Waals surface area contributed by atoms with E-state index in [1.54, 1.807) is 73.7 Å². The molecule has 0 spiro atoms. The van der Waals surface area contributed by atoms with E-state index < -0.39 is 77.8 Å². The van der Waals surface area contributed by atoms with Crippen LogP contribution in [-0.2, 0) is 40.5 Å². The molecule has 1 saturated heterocycles. The van der Waals surface area contributed by atoms with Crippen LogP contribution >= 0.6 is 23.2 Å². The highest BCUT2D eigenvalue weighted by Gasteiger charge is 2.26. The van der Waals surface area contributed by atoms with Gasteiger partial charge in [-0.1, -0.05) is 42.5 Å². The first-order valence-corrected chi connectivity index (χ1v) is 35.5. The van der Waals surface area contributed by atoms with Crippen LogP contribution in [0.1, 0.15) is 11.1 Å². The van der Waals surface area contributed by atoms with Crippen LogP contribution in [0.25, 0.3) is 21.5 Å². The fourth-order valence-electron chi connectivity index (χ4n) is 10.1. The maximum Gasteiger partial charge on any atom is 0.323 e. The third-order valence-electron chi connectivity index (χ3n) is 14.6. The molecule has 39 heteroatoms. The lowest BCUT2D eigenvalue weighted by Gasteiger charge is -2.34. The Morgan fingerprint density at radius 3 is 1.49 bits per heavy atom. The fourth-order valence-corrected chi connectivity index (χ4v) is 13.2. The zero-order valence-corrected chi connectivity index (χ0v) is 56.0. The predicted molar refractivity (Wildman–Crippen MR) is 369 cm³/mol. The van der Waals surface area contributed by atoms with Crippen molar-refractivity contribution in [3.63, 3.8) is 0 Å². The molecular weight excluding hydrogens is 1410 g/mol. The second kappa shape index (κ2) is 28.9. The maximum atomic E-state index is 13.4. The van der Waals surface area contributed by atoms with Crippen molar-refractivity contribution < 1.29 is 61.5 Å². The minimum Gasteiger partial charge on any atom is -0.353 e. The summed E-state index contributed by atoms with van der Waals surface area (Å²) in [5.74, 6) is 0.397. The van der Waals surface area contributed by atoms with Gasteiger partial charge in [0.25, 0.3) is 40.5 Å². The van der Waals surface area contributed by atoms with Crippen molar-refractivity contribution in [3.05, 3.63) is 167 Å². The van der Waals surface area contributed by atoms with Gasteiger partial charge in [0.05, 0.1) is 22.0 Å². The average molecular weight is 1460 g/mol. The maximum absolute atomic E-state index is 13.4. The fraction of sp³-hybridized carbons (Fsp3) is 0.133. The van der Waals surface area contributed by atoms with Gasteiger partial charge in [-0.25, -0.2) is 9.59 Å². The third-order valence-corrected chi connectivity index (χ3v) is 18.5. The van der Waals surface area contributed by atoms with Crippen LogP contribution in [0.2, 0.25) is 10.6 Å². The molecular formula is C60H53Cl2N19O14S4. The molecule has 510 valence electrons. The monoisotopic (exact) mass is 1460 g/mol. The molecule has 0 atom stereocenters. The molecule has 11 N–H and O–H groups in total. The summed E-state index contributed by atoms with van der Waals surface area (Å²) in [6.45, 7) is 6.00. The number of benzene rings is 8. The van der Waals surface area contributed by atoms with Crippen molar-refractivity contribution in [1.82, 2.24) is 34.8 Å². The molecule has 33 nitrogen and oxygen atoms in total. The molecule has 99 heavy (non-hydrogen) atoms. The summed E-state index contributed by atoms with van der Waals surface area (Å²) in [7, 11) is -19.7. The van der Waals surface area contributed by atoms with Crippen LogP contribution in [0, 0.1) is 13.8 Å². The lowest BCUT2D eigenvalue weighted by molar-refractivity contribution is 0.261. The third kappa shape index (κ3) is 17.8. The number of hydrogen-bond acceptors (Lipinski definition) is 25. The smallest absolute Gasteiger partial charge is 0.323 e. The molecule has 0 radical (unpaired) electrons. The number of rotatable bonds is 21. The Morgan fingerprint density at radius 1 is 0.465 bits per heavy atom. The van der Waals surface area contributed by atoms with Crippen LogP contribution in [0.15, 0.2) is 186 Å². The van der Waals surface area contributed by atoms with E-state index in [0.717, 1.165) is 18.2 Å². The highest BCUT2D eigenvalue weighted by Crippen LogP contribution is 2.39. The Bertz CT molecular complexity index is 5400. The number of carbonyl (C=O) groups excluding carboxylic acids is 2. The number of hydrogen-bond donors (Lipinski definition) is 11. The van der Waals surface area contributed by atoms with Crippen molar-refractivity contribution in [1.29, 1.82) is 0 Å². The van der Waals surface area contributed by atoms with Gasteiger partial charge in [-0.2, -0.15) is 68.7 Å². The quantitative estimate of drug-likeness (QED) is 0.0235. The summed E-state index contributed by atoms with van der Waals surface area (Å²) in [6.07, 6.45) is 0. The number of nitrogens with one attached hydrogen (secondary N) is 7. The van der Waals surface area contributed by atoms with Gasteiger partial charge >= 0.3 is 12.1 Å². The normalized spacial score (nSPS) is 13.2. The Kier molecular flexibility index (Phi) is 20.3. The summed E-state index contributed by atoms with van der Waals surface area (Å²) >= 11 is 12.9. The summed E-state index contributed by atoms with van der Waals surface area (Å²) in [6, 6.07) is 33.6. The van der Waals surface area contributed by atoms with Gasteiger partial charge in [-0.3, -0.25) is 23.1 Å². The van der Waals surface area contributed by atoms with Crippen LogP contribution < -0.4 is 42.1 Å². The number of azo groups is 2. The van der Waals surface area contributed by atoms with Gasteiger partial charge in [-0.15, -0.1) is 15.3 Å². The number of amides is 4. The summed E-state index contributed by atoms with van der Waals surface area (Å²) in [5.41, 5.74) is 2.09. The van der Waals surface area contributed by atoms with E-state index in [0.29, 0.717) is 79.2 Å². The first-order chi connectivity index (χ1) is 46.9.